The van der Waals surface area contributed by atoms with Gasteiger partial charge in [-0.15, -0.1) is 10.2 Å². The maximum Gasteiger partial charge on any atom is 0.232 e. The number of benzene rings is 2. The highest BCUT2D eigenvalue weighted by Crippen LogP contribution is 2.16. The highest BCUT2D eigenvalue weighted by atomic mass is 32.2. The molecule has 2 aromatic carbocycles. The van der Waals surface area contributed by atoms with Gasteiger partial charge in [0.05, 0.1) is 12.2 Å². The van der Waals surface area contributed by atoms with Crippen molar-refractivity contribution in [2.24, 2.45) is 7.05 Å². The molecular formula is C21H23N5O2S. The molecule has 0 saturated carbocycles. The van der Waals surface area contributed by atoms with Crippen LogP contribution in [0.5, 0.6) is 0 Å². The minimum atomic E-state index is -0.165. The van der Waals surface area contributed by atoms with E-state index in [-0.39, 0.29) is 24.0 Å². The van der Waals surface area contributed by atoms with Gasteiger partial charge in [0.15, 0.2) is 5.16 Å². The van der Waals surface area contributed by atoms with E-state index in [0.29, 0.717) is 17.5 Å². The van der Waals surface area contributed by atoms with E-state index in [4.69, 9.17) is 0 Å². The first-order valence-electron chi connectivity index (χ1n) is 9.19. The van der Waals surface area contributed by atoms with Crippen LogP contribution in [-0.2, 0) is 29.6 Å². The second kappa shape index (κ2) is 9.88. The zero-order chi connectivity index (χ0) is 20.6. The molecule has 1 heterocycles. The molecule has 0 bridgehead atoms. The first kappa shape index (κ1) is 20.6. The number of carbonyl (C=O) groups is 2. The van der Waals surface area contributed by atoms with E-state index in [1.807, 2.05) is 61.5 Å². The first-order chi connectivity index (χ1) is 14.0. The number of aryl methyl sites for hydroxylation is 1. The molecule has 0 atom stereocenters. The van der Waals surface area contributed by atoms with E-state index >= 15 is 0 Å². The van der Waals surface area contributed by atoms with E-state index in [2.05, 4.69) is 20.8 Å². The normalized spacial score (nSPS) is 10.6. The third-order valence-corrected chi connectivity index (χ3v) is 5.26. The fourth-order valence-corrected chi connectivity index (χ4v) is 3.35. The van der Waals surface area contributed by atoms with Gasteiger partial charge >= 0.3 is 0 Å². The molecule has 2 N–H and O–H groups in total. The van der Waals surface area contributed by atoms with Crippen molar-refractivity contribution in [3.63, 3.8) is 0 Å². The van der Waals surface area contributed by atoms with Gasteiger partial charge < -0.3 is 15.2 Å². The molecular weight excluding hydrogens is 386 g/mol. The molecule has 150 valence electrons. The van der Waals surface area contributed by atoms with Crippen LogP contribution in [0, 0.1) is 6.92 Å². The Morgan fingerprint density at radius 2 is 1.72 bits per heavy atom. The standard InChI is InChI=1S/C21H23N5O2S/c1-15-8-10-17(11-9-15)23-19(27)12-18-24-25-21(26(18)2)29-14-20(28)22-13-16-6-4-3-5-7-16/h3-11H,12-14H2,1-2H3,(H,22,28)(H,23,27). The molecule has 1 aromatic heterocycles. The Balaban J connectivity index is 1.47. The van der Waals surface area contributed by atoms with Crippen molar-refractivity contribution in [2.45, 2.75) is 25.0 Å². The van der Waals surface area contributed by atoms with Crippen LogP contribution in [0.3, 0.4) is 0 Å². The number of hydrogen-bond donors (Lipinski definition) is 2. The van der Waals surface area contributed by atoms with Crippen molar-refractivity contribution in [1.82, 2.24) is 20.1 Å². The van der Waals surface area contributed by atoms with E-state index in [9.17, 15) is 9.59 Å². The Kier molecular flexibility index (Phi) is 7.02. The van der Waals surface area contributed by atoms with Gasteiger partial charge in [-0.1, -0.05) is 59.8 Å². The average molecular weight is 410 g/mol. The lowest BCUT2D eigenvalue weighted by molar-refractivity contribution is -0.118. The van der Waals surface area contributed by atoms with Gasteiger partial charge in [-0.25, -0.2) is 0 Å². The summed E-state index contributed by atoms with van der Waals surface area (Å²) in [5.74, 6) is 0.526. The number of nitrogens with one attached hydrogen (secondary N) is 2. The summed E-state index contributed by atoms with van der Waals surface area (Å²) in [7, 11) is 1.79. The average Bonchev–Trinajstić information content (AvgIpc) is 3.06. The molecule has 0 aliphatic carbocycles. The van der Waals surface area contributed by atoms with Crippen LogP contribution in [0.4, 0.5) is 5.69 Å². The SMILES string of the molecule is Cc1ccc(NC(=O)Cc2nnc(SCC(=O)NCc3ccccc3)n2C)cc1. The summed E-state index contributed by atoms with van der Waals surface area (Å²) in [6.07, 6.45) is 0.109. The largest absolute Gasteiger partial charge is 0.351 e. The maximum absolute atomic E-state index is 12.3. The van der Waals surface area contributed by atoms with Crippen LogP contribution in [0.2, 0.25) is 0 Å². The second-order valence-corrected chi connectivity index (χ2v) is 7.54. The fraction of sp³-hybridized carbons (Fsp3) is 0.238. The van der Waals surface area contributed by atoms with Crippen molar-refractivity contribution >= 4 is 29.3 Å². The molecule has 0 aliphatic rings. The summed E-state index contributed by atoms with van der Waals surface area (Å²) in [6, 6.07) is 17.3. The monoisotopic (exact) mass is 409 g/mol. The first-order valence-corrected chi connectivity index (χ1v) is 10.2. The minimum absolute atomic E-state index is 0.0829. The summed E-state index contributed by atoms with van der Waals surface area (Å²) in [6.45, 7) is 2.48. The van der Waals surface area contributed by atoms with Crippen LogP contribution in [0.25, 0.3) is 0 Å². The molecule has 0 fully saturated rings. The van der Waals surface area contributed by atoms with E-state index in [1.165, 1.54) is 11.8 Å². The minimum Gasteiger partial charge on any atom is -0.351 e. The predicted molar refractivity (Wildman–Crippen MR) is 114 cm³/mol. The Hall–Kier alpha value is -3.13. The van der Waals surface area contributed by atoms with E-state index in [0.717, 1.165) is 16.8 Å². The van der Waals surface area contributed by atoms with Crippen molar-refractivity contribution in [2.75, 3.05) is 11.1 Å². The zero-order valence-corrected chi connectivity index (χ0v) is 17.2. The summed E-state index contributed by atoms with van der Waals surface area (Å²) in [5, 5.41) is 14.5. The van der Waals surface area contributed by atoms with Crippen molar-refractivity contribution in [1.29, 1.82) is 0 Å². The van der Waals surface area contributed by atoms with Crippen LogP contribution in [-0.4, -0.2) is 32.3 Å². The zero-order valence-electron chi connectivity index (χ0n) is 16.4. The summed E-state index contributed by atoms with van der Waals surface area (Å²) in [4.78, 5) is 24.3. The highest BCUT2D eigenvalue weighted by molar-refractivity contribution is 7.99. The Morgan fingerprint density at radius 1 is 1.00 bits per heavy atom. The van der Waals surface area contributed by atoms with Gasteiger partial charge in [0.1, 0.15) is 5.82 Å². The summed E-state index contributed by atoms with van der Waals surface area (Å²) in [5.41, 5.74) is 2.92. The predicted octanol–water partition coefficient (Wildman–Crippen LogP) is 2.71. The van der Waals surface area contributed by atoms with Gasteiger partial charge in [-0.05, 0) is 24.6 Å². The molecule has 0 radical (unpaired) electrons. The number of amides is 2. The van der Waals surface area contributed by atoms with Crippen LogP contribution < -0.4 is 10.6 Å². The molecule has 29 heavy (non-hydrogen) atoms. The molecule has 0 spiro atoms. The van der Waals surface area contributed by atoms with Crippen molar-refractivity contribution in [3.8, 4) is 0 Å². The van der Waals surface area contributed by atoms with Gasteiger partial charge in [-0.3, -0.25) is 9.59 Å². The van der Waals surface area contributed by atoms with Crippen LogP contribution >= 0.6 is 11.8 Å². The lowest BCUT2D eigenvalue weighted by Crippen LogP contribution is -2.24. The molecule has 2 amide bonds. The maximum atomic E-state index is 12.3. The third kappa shape index (κ3) is 6.18. The summed E-state index contributed by atoms with van der Waals surface area (Å²) >= 11 is 1.29. The van der Waals surface area contributed by atoms with Crippen molar-refractivity contribution in [3.05, 3.63) is 71.5 Å². The molecule has 0 saturated heterocycles. The molecule has 7 nitrogen and oxygen atoms in total. The number of carbonyl (C=O) groups excluding carboxylic acids is 2. The Bertz CT molecular complexity index is 970. The van der Waals surface area contributed by atoms with Gasteiger partial charge in [-0.2, -0.15) is 0 Å². The Labute approximate surface area is 173 Å². The quantitative estimate of drug-likeness (QED) is 0.559. The summed E-state index contributed by atoms with van der Waals surface area (Å²) < 4.78 is 1.74. The molecule has 0 unspecified atom stereocenters. The fourth-order valence-electron chi connectivity index (χ4n) is 2.59. The van der Waals surface area contributed by atoms with Gasteiger partial charge in [0.2, 0.25) is 11.8 Å². The van der Waals surface area contributed by atoms with Crippen molar-refractivity contribution < 1.29 is 9.59 Å². The number of aromatic nitrogens is 3. The molecule has 3 aromatic rings. The van der Waals surface area contributed by atoms with Crippen LogP contribution in [0.15, 0.2) is 59.8 Å². The van der Waals surface area contributed by atoms with E-state index < -0.39 is 0 Å². The lowest BCUT2D eigenvalue weighted by atomic mass is 10.2. The molecule has 0 aliphatic heterocycles. The lowest BCUT2D eigenvalue weighted by Gasteiger charge is -2.07. The number of anilines is 1. The topological polar surface area (TPSA) is 88.9 Å². The molecule has 3 rings (SSSR count). The second-order valence-electron chi connectivity index (χ2n) is 6.60. The highest BCUT2D eigenvalue weighted by Gasteiger charge is 2.14. The number of thioether (sulfide) groups is 1. The number of rotatable bonds is 8. The molecule has 8 heteroatoms. The van der Waals surface area contributed by atoms with Gasteiger partial charge in [0, 0.05) is 19.3 Å². The smallest absolute Gasteiger partial charge is 0.232 e. The third-order valence-electron chi connectivity index (χ3n) is 4.24. The Morgan fingerprint density at radius 3 is 2.45 bits per heavy atom. The number of hydrogen-bond acceptors (Lipinski definition) is 5. The van der Waals surface area contributed by atoms with E-state index in [1.54, 1.807) is 11.6 Å². The number of nitrogens with zero attached hydrogens (tertiary/aromatic N) is 3. The van der Waals surface area contributed by atoms with Gasteiger partial charge in [0.25, 0.3) is 0 Å². The van der Waals surface area contributed by atoms with Crippen LogP contribution in [0.1, 0.15) is 17.0 Å².